The molecule has 11 rings (SSSR count). The Hall–Kier alpha value is -6.64. The standard InChI is InChI=1S/C52H37B5O/c53-47-46(48(54)50(56)51(57)49(47)55)45-36-21-10-8-19-34(36)44(35-20-9-11-22-37(35)45)39-24-12-23-38-40-27-29(25-26-41(40)58-52(38)39)43-32-17-6-4-15-30(32)42(28-13-2-1-3-14-28)31-16-5-7-18-33(31)43/h1-27H,53-57H2. The lowest BCUT2D eigenvalue weighted by Crippen LogP contribution is -2.55. The second-order valence-electron chi connectivity index (χ2n) is 16.0. The molecule has 1 heterocycles. The third kappa shape index (κ3) is 4.97. The van der Waals surface area contributed by atoms with Crippen molar-refractivity contribution in [1.82, 2.24) is 0 Å². The fraction of sp³-hybridized carbons (Fsp3) is 0. The molecule has 1 aromatic heterocycles. The smallest absolute Gasteiger partial charge is 0.143 e. The molecule has 58 heavy (non-hydrogen) atoms. The maximum Gasteiger partial charge on any atom is 0.143 e. The first-order valence-electron chi connectivity index (χ1n) is 20.4. The van der Waals surface area contributed by atoms with Crippen LogP contribution in [0.3, 0.4) is 0 Å². The molecule has 0 unspecified atom stereocenters. The predicted molar refractivity (Wildman–Crippen MR) is 266 cm³/mol. The largest absolute Gasteiger partial charge is 0.455 e. The van der Waals surface area contributed by atoms with Crippen molar-refractivity contribution in [3.05, 3.63) is 164 Å². The number of rotatable bonds is 4. The third-order valence-corrected chi connectivity index (χ3v) is 13.2. The lowest BCUT2D eigenvalue weighted by molar-refractivity contribution is 0.670. The van der Waals surface area contributed by atoms with Gasteiger partial charge in [-0.25, -0.2) is 0 Å². The molecule has 0 amide bonds. The zero-order valence-electron chi connectivity index (χ0n) is 33.5. The zero-order valence-corrected chi connectivity index (χ0v) is 33.5. The molecule has 0 saturated heterocycles. The minimum atomic E-state index is 0.891. The average molecular weight is 732 g/mol. The summed E-state index contributed by atoms with van der Waals surface area (Å²) < 4.78 is 6.98. The highest BCUT2D eigenvalue weighted by Gasteiger charge is 2.24. The molecule has 0 aliphatic carbocycles. The van der Waals surface area contributed by atoms with Gasteiger partial charge in [0, 0.05) is 21.9 Å². The predicted octanol–water partition coefficient (Wildman–Crippen LogP) is 6.16. The molecule has 0 radical (unpaired) electrons. The van der Waals surface area contributed by atoms with E-state index in [2.05, 4.69) is 203 Å². The molecule has 0 N–H and O–H groups in total. The van der Waals surface area contributed by atoms with E-state index in [1.54, 1.807) is 0 Å². The van der Waals surface area contributed by atoms with Crippen molar-refractivity contribution >= 4 is 132 Å². The molecular formula is C52H37B5O. The summed E-state index contributed by atoms with van der Waals surface area (Å²) in [5.41, 5.74) is 18.6. The van der Waals surface area contributed by atoms with E-state index in [1.165, 1.54) is 109 Å². The van der Waals surface area contributed by atoms with Crippen molar-refractivity contribution in [3.63, 3.8) is 0 Å². The van der Waals surface area contributed by atoms with Gasteiger partial charge in [0.25, 0.3) is 0 Å². The Kier molecular flexibility index (Phi) is 7.88. The fourth-order valence-corrected chi connectivity index (χ4v) is 10.1. The number of hydrogen-bond acceptors (Lipinski definition) is 1. The van der Waals surface area contributed by atoms with Gasteiger partial charge >= 0.3 is 0 Å². The molecule has 0 bridgehead atoms. The van der Waals surface area contributed by atoms with Crippen LogP contribution in [0.5, 0.6) is 0 Å². The quantitative estimate of drug-likeness (QED) is 0.156. The first-order valence-corrected chi connectivity index (χ1v) is 20.4. The maximum absolute atomic E-state index is 6.98. The van der Waals surface area contributed by atoms with Gasteiger partial charge in [-0.15, -0.1) is 16.4 Å². The van der Waals surface area contributed by atoms with E-state index in [4.69, 9.17) is 4.42 Å². The molecule has 0 spiro atoms. The number of benzene rings is 10. The Balaban J connectivity index is 1.18. The summed E-state index contributed by atoms with van der Waals surface area (Å²) in [4.78, 5) is 0. The van der Waals surface area contributed by atoms with Gasteiger partial charge in [-0.1, -0.05) is 163 Å². The second kappa shape index (κ2) is 13.2. The van der Waals surface area contributed by atoms with Crippen LogP contribution >= 0.6 is 0 Å². The average Bonchev–Trinajstić information content (AvgIpc) is 3.65. The summed E-state index contributed by atoms with van der Waals surface area (Å²) in [5.74, 6) is 0. The van der Waals surface area contributed by atoms with Crippen molar-refractivity contribution < 1.29 is 4.42 Å². The normalized spacial score (nSPS) is 11.8. The highest BCUT2D eigenvalue weighted by Crippen LogP contribution is 2.48. The molecule has 1 nitrogen and oxygen atoms in total. The number of hydrogen-bond donors (Lipinski definition) is 0. The van der Waals surface area contributed by atoms with Gasteiger partial charge in [-0.05, 0) is 88.6 Å². The van der Waals surface area contributed by atoms with Gasteiger partial charge in [0.15, 0.2) is 0 Å². The lowest BCUT2D eigenvalue weighted by Gasteiger charge is -2.24. The van der Waals surface area contributed by atoms with Crippen molar-refractivity contribution in [2.75, 3.05) is 0 Å². The second-order valence-corrected chi connectivity index (χ2v) is 16.0. The van der Waals surface area contributed by atoms with Crippen molar-refractivity contribution in [1.29, 1.82) is 0 Å². The monoisotopic (exact) mass is 732 g/mol. The minimum Gasteiger partial charge on any atom is -0.455 e. The van der Waals surface area contributed by atoms with Crippen LogP contribution in [0.25, 0.3) is 110 Å². The summed E-state index contributed by atoms with van der Waals surface area (Å²) in [5, 5.41) is 12.2. The van der Waals surface area contributed by atoms with Crippen LogP contribution in [0.1, 0.15) is 0 Å². The first kappa shape index (κ1) is 34.6. The molecule has 0 atom stereocenters. The zero-order chi connectivity index (χ0) is 39.2. The van der Waals surface area contributed by atoms with Crippen LogP contribution in [0.2, 0.25) is 0 Å². The molecule has 0 aliphatic rings. The van der Waals surface area contributed by atoms with Crippen LogP contribution in [-0.2, 0) is 0 Å². The van der Waals surface area contributed by atoms with Gasteiger partial charge in [-0.3, -0.25) is 0 Å². The molecule has 10 aromatic carbocycles. The summed E-state index contributed by atoms with van der Waals surface area (Å²) in [7, 11) is 11.4. The van der Waals surface area contributed by atoms with E-state index in [1.807, 2.05) is 0 Å². The molecule has 266 valence electrons. The van der Waals surface area contributed by atoms with E-state index in [0.29, 0.717) is 0 Å². The van der Waals surface area contributed by atoms with Crippen LogP contribution in [0.4, 0.5) is 0 Å². The van der Waals surface area contributed by atoms with Crippen LogP contribution in [-0.4, -0.2) is 39.2 Å². The Morgan fingerprint density at radius 1 is 0.276 bits per heavy atom. The van der Waals surface area contributed by atoms with E-state index in [-0.39, 0.29) is 0 Å². The van der Waals surface area contributed by atoms with E-state index < -0.39 is 0 Å². The van der Waals surface area contributed by atoms with Crippen molar-refractivity contribution in [2.45, 2.75) is 0 Å². The summed E-state index contributed by atoms with van der Waals surface area (Å²) in [6.07, 6.45) is 0. The van der Waals surface area contributed by atoms with E-state index in [9.17, 15) is 0 Å². The lowest BCUT2D eigenvalue weighted by atomic mass is 9.59. The Morgan fingerprint density at radius 2 is 0.690 bits per heavy atom. The Labute approximate surface area is 342 Å². The molecular weight excluding hydrogens is 695 g/mol. The maximum atomic E-state index is 6.98. The van der Waals surface area contributed by atoms with Gasteiger partial charge in [0.1, 0.15) is 50.4 Å². The molecule has 0 saturated carbocycles. The summed E-state index contributed by atoms with van der Waals surface area (Å²) in [6, 6.07) is 60.0. The minimum absolute atomic E-state index is 0.891. The van der Waals surface area contributed by atoms with Crippen molar-refractivity contribution in [2.24, 2.45) is 0 Å². The SMILES string of the molecule is Bc1c(B)c(B)c(-c2c3ccccc3c(-c3cccc4c3oc3ccc(-c5c6ccccc6c(-c6ccccc6)c6ccccc56)cc34)c3ccccc23)c(B)c1B. The molecule has 11 aromatic rings. The fourth-order valence-electron chi connectivity index (χ4n) is 10.1. The Morgan fingerprint density at radius 3 is 1.21 bits per heavy atom. The topological polar surface area (TPSA) is 13.1 Å². The highest BCUT2D eigenvalue weighted by atomic mass is 16.3. The van der Waals surface area contributed by atoms with Crippen molar-refractivity contribution in [3.8, 4) is 44.5 Å². The number of fused-ring (bicyclic) bond motifs is 7. The highest BCUT2D eigenvalue weighted by molar-refractivity contribution is 6.69. The summed E-state index contributed by atoms with van der Waals surface area (Å²) >= 11 is 0. The van der Waals surface area contributed by atoms with Gasteiger partial charge < -0.3 is 4.42 Å². The van der Waals surface area contributed by atoms with Gasteiger partial charge in [0.05, 0.1) is 0 Å². The van der Waals surface area contributed by atoms with Gasteiger partial charge in [0.2, 0.25) is 0 Å². The number of furan rings is 1. The summed E-state index contributed by atoms with van der Waals surface area (Å²) in [6.45, 7) is 0. The molecule has 0 fully saturated rings. The van der Waals surface area contributed by atoms with E-state index >= 15 is 0 Å². The van der Waals surface area contributed by atoms with Gasteiger partial charge in [-0.2, -0.15) is 0 Å². The third-order valence-electron chi connectivity index (χ3n) is 13.2. The molecule has 6 heteroatoms. The first-order chi connectivity index (χ1) is 28.4. The van der Waals surface area contributed by atoms with Crippen LogP contribution < -0.4 is 27.3 Å². The number of para-hydroxylation sites is 1. The van der Waals surface area contributed by atoms with Crippen LogP contribution in [0, 0.1) is 0 Å². The molecule has 0 aliphatic heterocycles. The Bertz CT molecular complexity index is 3370. The van der Waals surface area contributed by atoms with Crippen LogP contribution in [0.15, 0.2) is 168 Å². The van der Waals surface area contributed by atoms with E-state index in [0.717, 1.165) is 27.5 Å².